The SMILES string of the molecule is CCSCOC(C#N)c1ccccc1. The molecule has 0 aliphatic carbocycles. The van der Waals surface area contributed by atoms with E-state index in [1.165, 1.54) is 0 Å². The quantitative estimate of drug-likeness (QED) is 0.549. The Morgan fingerprint density at radius 1 is 1.43 bits per heavy atom. The number of nitrogens with zero attached hydrogens (tertiary/aromatic N) is 1. The van der Waals surface area contributed by atoms with E-state index >= 15 is 0 Å². The van der Waals surface area contributed by atoms with Gasteiger partial charge in [0.25, 0.3) is 0 Å². The normalized spacial score (nSPS) is 12.0. The Labute approximate surface area is 88.9 Å². The Kier molecular flexibility index (Phi) is 5.13. The Morgan fingerprint density at radius 2 is 2.14 bits per heavy atom. The van der Waals surface area contributed by atoms with Crippen molar-refractivity contribution in [1.82, 2.24) is 0 Å². The Hall–Kier alpha value is -0.980. The number of hydrogen-bond acceptors (Lipinski definition) is 3. The number of hydrogen-bond donors (Lipinski definition) is 0. The molecule has 0 amide bonds. The van der Waals surface area contributed by atoms with Gasteiger partial charge in [-0.1, -0.05) is 37.3 Å². The summed E-state index contributed by atoms with van der Waals surface area (Å²) >= 11 is 1.67. The fourth-order valence-electron chi connectivity index (χ4n) is 1.04. The fourth-order valence-corrected chi connectivity index (χ4v) is 1.43. The summed E-state index contributed by atoms with van der Waals surface area (Å²) in [6.45, 7) is 2.07. The predicted molar refractivity (Wildman–Crippen MR) is 58.9 cm³/mol. The highest BCUT2D eigenvalue weighted by molar-refractivity contribution is 7.99. The first kappa shape index (κ1) is 11.1. The van der Waals surface area contributed by atoms with Gasteiger partial charge in [0, 0.05) is 0 Å². The zero-order valence-corrected chi connectivity index (χ0v) is 8.96. The minimum Gasteiger partial charge on any atom is -0.348 e. The third-order valence-electron chi connectivity index (χ3n) is 1.74. The molecule has 1 unspecified atom stereocenters. The van der Waals surface area contributed by atoms with Gasteiger partial charge in [-0.2, -0.15) is 5.26 Å². The molecule has 1 aromatic rings. The van der Waals surface area contributed by atoms with Crippen molar-refractivity contribution >= 4 is 11.8 Å². The lowest BCUT2D eigenvalue weighted by atomic mass is 10.1. The lowest BCUT2D eigenvalue weighted by Crippen LogP contribution is -2.01. The molecule has 1 aromatic carbocycles. The summed E-state index contributed by atoms with van der Waals surface area (Å²) in [6.07, 6.45) is -0.435. The molecule has 0 aliphatic rings. The van der Waals surface area contributed by atoms with E-state index in [-0.39, 0.29) is 0 Å². The van der Waals surface area contributed by atoms with Crippen LogP contribution in [0.5, 0.6) is 0 Å². The minimum atomic E-state index is -0.435. The molecule has 0 bridgehead atoms. The molecule has 74 valence electrons. The van der Waals surface area contributed by atoms with Crippen molar-refractivity contribution < 1.29 is 4.74 Å². The Bertz CT molecular complexity index is 294. The van der Waals surface area contributed by atoms with Crippen molar-refractivity contribution in [2.75, 3.05) is 11.7 Å². The van der Waals surface area contributed by atoms with E-state index in [0.29, 0.717) is 5.94 Å². The first-order valence-electron chi connectivity index (χ1n) is 4.52. The van der Waals surface area contributed by atoms with E-state index in [1.54, 1.807) is 11.8 Å². The summed E-state index contributed by atoms with van der Waals surface area (Å²) in [7, 11) is 0. The maximum Gasteiger partial charge on any atom is 0.170 e. The average molecular weight is 207 g/mol. The van der Waals surface area contributed by atoms with Crippen LogP contribution in [0, 0.1) is 11.3 Å². The molecule has 1 atom stereocenters. The number of benzene rings is 1. The van der Waals surface area contributed by atoms with E-state index in [9.17, 15) is 0 Å². The van der Waals surface area contributed by atoms with Gasteiger partial charge >= 0.3 is 0 Å². The lowest BCUT2D eigenvalue weighted by molar-refractivity contribution is 0.134. The smallest absolute Gasteiger partial charge is 0.170 e. The van der Waals surface area contributed by atoms with Gasteiger partial charge in [0.05, 0.1) is 12.0 Å². The number of thioether (sulfide) groups is 1. The highest BCUT2D eigenvalue weighted by Gasteiger charge is 2.08. The molecule has 0 fully saturated rings. The van der Waals surface area contributed by atoms with Crippen LogP contribution in [0.1, 0.15) is 18.6 Å². The van der Waals surface area contributed by atoms with Gasteiger partial charge in [0.15, 0.2) is 6.10 Å². The predicted octanol–water partition coefficient (Wildman–Crippen LogP) is 2.98. The van der Waals surface area contributed by atoms with E-state index < -0.39 is 6.10 Å². The number of rotatable bonds is 5. The average Bonchev–Trinajstić information content (AvgIpc) is 2.26. The molecular formula is C11H13NOS. The molecule has 3 heteroatoms. The largest absolute Gasteiger partial charge is 0.348 e. The first-order chi connectivity index (χ1) is 6.88. The molecule has 2 nitrogen and oxygen atoms in total. The molecule has 0 saturated carbocycles. The molecule has 0 radical (unpaired) electrons. The number of nitriles is 1. The summed E-state index contributed by atoms with van der Waals surface area (Å²) in [5.41, 5.74) is 0.923. The second-order valence-electron chi connectivity index (χ2n) is 2.70. The van der Waals surface area contributed by atoms with Crippen molar-refractivity contribution in [2.24, 2.45) is 0 Å². The standard InChI is InChI=1S/C11H13NOS/c1-2-14-9-13-11(8-12)10-6-4-3-5-7-10/h3-7,11H,2,9H2,1H3. The molecule has 14 heavy (non-hydrogen) atoms. The topological polar surface area (TPSA) is 33.0 Å². The monoisotopic (exact) mass is 207 g/mol. The van der Waals surface area contributed by atoms with Crippen molar-refractivity contribution in [2.45, 2.75) is 13.0 Å². The van der Waals surface area contributed by atoms with Gasteiger partial charge < -0.3 is 4.74 Å². The lowest BCUT2D eigenvalue weighted by Gasteiger charge is -2.09. The van der Waals surface area contributed by atoms with Crippen LogP contribution in [-0.4, -0.2) is 11.7 Å². The second-order valence-corrected chi connectivity index (χ2v) is 3.92. The van der Waals surface area contributed by atoms with Gasteiger partial charge in [-0.3, -0.25) is 0 Å². The summed E-state index contributed by atoms with van der Waals surface area (Å²) in [5, 5.41) is 8.89. The molecule has 0 saturated heterocycles. The van der Waals surface area contributed by atoms with Crippen molar-refractivity contribution in [3.8, 4) is 6.07 Å². The van der Waals surface area contributed by atoms with Gasteiger partial charge in [0.1, 0.15) is 0 Å². The van der Waals surface area contributed by atoms with Crippen LogP contribution in [0.15, 0.2) is 30.3 Å². The van der Waals surface area contributed by atoms with Gasteiger partial charge in [-0.15, -0.1) is 11.8 Å². The molecule has 0 spiro atoms. The molecule has 0 N–H and O–H groups in total. The molecule has 1 rings (SSSR count). The van der Waals surface area contributed by atoms with E-state index in [0.717, 1.165) is 11.3 Å². The van der Waals surface area contributed by atoms with Gasteiger partial charge in [-0.25, -0.2) is 0 Å². The second kappa shape index (κ2) is 6.47. The van der Waals surface area contributed by atoms with Crippen LogP contribution in [0.3, 0.4) is 0 Å². The van der Waals surface area contributed by atoms with E-state index in [1.807, 2.05) is 30.3 Å². The fraction of sp³-hybridized carbons (Fsp3) is 0.364. The van der Waals surface area contributed by atoms with Gasteiger partial charge in [-0.05, 0) is 11.3 Å². The first-order valence-corrected chi connectivity index (χ1v) is 5.68. The minimum absolute atomic E-state index is 0.435. The highest BCUT2D eigenvalue weighted by atomic mass is 32.2. The van der Waals surface area contributed by atoms with E-state index in [2.05, 4.69) is 13.0 Å². The molecular weight excluding hydrogens is 194 g/mol. The molecule has 0 aliphatic heterocycles. The van der Waals surface area contributed by atoms with Crippen LogP contribution >= 0.6 is 11.8 Å². The highest BCUT2D eigenvalue weighted by Crippen LogP contribution is 2.17. The van der Waals surface area contributed by atoms with Crippen molar-refractivity contribution in [3.63, 3.8) is 0 Å². The van der Waals surface area contributed by atoms with E-state index in [4.69, 9.17) is 10.00 Å². The summed E-state index contributed by atoms with van der Waals surface area (Å²) in [6, 6.07) is 11.7. The summed E-state index contributed by atoms with van der Waals surface area (Å²) in [5.74, 6) is 1.58. The molecule has 0 heterocycles. The third-order valence-corrected chi connectivity index (χ3v) is 2.45. The van der Waals surface area contributed by atoms with Gasteiger partial charge in [0.2, 0.25) is 0 Å². The van der Waals surface area contributed by atoms with Crippen LogP contribution in [0.4, 0.5) is 0 Å². The zero-order valence-electron chi connectivity index (χ0n) is 8.14. The number of ether oxygens (including phenoxy) is 1. The Balaban J connectivity index is 2.52. The maximum absolute atomic E-state index is 8.89. The van der Waals surface area contributed by atoms with Crippen LogP contribution < -0.4 is 0 Å². The zero-order chi connectivity index (χ0) is 10.2. The van der Waals surface area contributed by atoms with Crippen molar-refractivity contribution in [1.29, 1.82) is 5.26 Å². The summed E-state index contributed by atoms with van der Waals surface area (Å²) in [4.78, 5) is 0. The Morgan fingerprint density at radius 3 is 2.71 bits per heavy atom. The third kappa shape index (κ3) is 3.41. The summed E-state index contributed by atoms with van der Waals surface area (Å²) < 4.78 is 5.42. The maximum atomic E-state index is 8.89. The van der Waals surface area contributed by atoms with Crippen LogP contribution in [-0.2, 0) is 4.74 Å². The van der Waals surface area contributed by atoms with Crippen LogP contribution in [0.2, 0.25) is 0 Å². The van der Waals surface area contributed by atoms with Crippen LogP contribution in [0.25, 0.3) is 0 Å². The van der Waals surface area contributed by atoms with Crippen molar-refractivity contribution in [3.05, 3.63) is 35.9 Å². The molecule has 0 aromatic heterocycles.